The number of alkyl halides is 3. The van der Waals surface area contributed by atoms with Crippen LogP contribution in [0.3, 0.4) is 0 Å². The molecule has 2 rings (SSSR count). The van der Waals surface area contributed by atoms with Crippen LogP contribution in [0.25, 0.3) is 0 Å². The van der Waals surface area contributed by atoms with Gasteiger partial charge in [0, 0.05) is 13.1 Å². The molecule has 0 saturated carbocycles. The maximum absolute atomic E-state index is 12.8. The first-order chi connectivity index (χ1) is 9.79. The number of nitrogens with one attached hydrogen (secondary N) is 1. The highest BCUT2D eigenvalue weighted by atomic mass is 35.5. The zero-order chi connectivity index (χ0) is 15.6. The lowest BCUT2D eigenvalue weighted by molar-refractivity contribution is -0.141. The van der Waals surface area contributed by atoms with E-state index in [2.05, 4.69) is 15.3 Å². The van der Waals surface area contributed by atoms with Gasteiger partial charge in [-0.25, -0.2) is 4.98 Å². The van der Waals surface area contributed by atoms with Crippen molar-refractivity contribution in [1.82, 2.24) is 9.97 Å². The fraction of sp³-hybridized carbons (Fsp3) is 0.231. The molecule has 0 radical (unpaired) electrons. The summed E-state index contributed by atoms with van der Waals surface area (Å²) >= 11 is 5.98. The molecule has 0 amide bonds. The average Bonchev–Trinajstić information content (AvgIpc) is 2.40. The number of aryl methyl sites for hydroxylation is 1. The Morgan fingerprint density at radius 2 is 1.90 bits per heavy atom. The second-order valence-corrected chi connectivity index (χ2v) is 4.61. The molecule has 0 aliphatic carbocycles. The van der Waals surface area contributed by atoms with Gasteiger partial charge in [-0.05, 0) is 24.6 Å². The second-order valence-electron chi connectivity index (χ2n) is 4.20. The molecule has 1 aromatic heterocycles. The SMILES string of the molecule is CNc1nc(Oc2ccc(C)cc2Cl)cc(C(F)(F)F)n1. The molecule has 8 heteroatoms. The molecule has 1 N–H and O–H groups in total. The third-order valence-corrected chi connectivity index (χ3v) is 2.81. The smallest absolute Gasteiger partial charge is 0.433 e. The summed E-state index contributed by atoms with van der Waals surface area (Å²) in [6, 6.07) is 5.65. The number of ether oxygens (including phenoxy) is 1. The zero-order valence-corrected chi connectivity index (χ0v) is 11.9. The van der Waals surface area contributed by atoms with Crippen LogP contribution in [-0.4, -0.2) is 17.0 Å². The number of anilines is 1. The highest BCUT2D eigenvalue weighted by molar-refractivity contribution is 6.32. The maximum atomic E-state index is 12.8. The van der Waals surface area contributed by atoms with Crippen LogP contribution < -0.4 is 10.1 Å². The molecule has 4 nitrogen and oxygen atoms in total. The van der Waals surface area contributed by atoms with Crippen molar-refractivity contribution in [1.29, 1.82) is 0 Å². The van der Waals surface area contributed by atoms with E-state index < -0.39 is 11.9 Å². The fourth-order valence-electron chi connectivity index (χ4n) is 1.54. The van der Waals surface area contributed by atoms with E-state index in [1.165, 1.54) is 7.05 Å². The van der Waals surface area contributed by atoms with Crippen molar-refractivity contribution in [3.63, 3.8) is 0 Å². The summed E-state index contributed by atoms with van der Waals surface area (Å²) in [6.45, 7) is 1.83. The van der Waals surface area contributed by atoms with Crippen molar-refractivity contribution in [2.45, 2.75) is 13.1 Å². The summed E-state index contributed by atoms with van der Waals surface area (Å²) in [5.41, 5.74) is -0.193. The zero-order valence-electron chi connectivity index (χ0n) is 11.1. The molecule has 1 heterocycles. The minimum Gasteiger partial charge on any atom is -0.437 e. The van der Waals surface area contributed by atoms with Crippen LogP contribution in [0.1, 0.15) is 11.3 Å². The molecule has 0 fully saturated rings. The summed E-state index contributed by atoms with van der Waals surface area (Å²) in [5, 5.41) is 2.74. The van der Waals surface area contributed by atoms with Gasteiger partial charge in [0.25, 0.3) is 0 Å². The van der Waals surface area contributed by atoms with Crippen LogP contribution in [0, 0.1) is 6.92 Å². The van der Waals surface area contributed by atoms with Gasteiger partial charge in [-0.1, -0.05) is 17.7 Å². The minimum absolute atomic E-state index is 0.192. The standard InChI is InChI=1S/C13H11ClF3N3O/c1-7-3-4-9(8(14)5-7)21-11-6-10(13(15,16)17)19-12(18-2)20-11/h3-6H,1-2H3,(H,18,19,20). The van der Waals surface area contributed by atoms with Gasteiger partial charge in [-0.3, -0.25) is 0 Å². The predicted molar refractivity (Wildman–Crippen MR) is 72.8 cm³/mol. The first-order valence-electron chi connectivity index (χ1n) is 5.87. The lowest BCUT2D eigenvalue weighted by Crippen LogP contribution is -2.11. The number of rotatable bonds is 3. The Morgan fingerprint density at radius 3 is 2.48 bits per heavy atom. The topological polar surface area (TPSA) is 47.0 Å². The fourth-order valence-corrected chi connectivity index (χ4v) is 1.81. The molecular weight excluding hydrogens is 307 g/mol. The van der Waals surface area contributed by atoms with E-state index in [1.807, 2.05) is 6.92 Å². The van der Waals surface area contributed by atoms with E-state index >= 15 is 0 Å². The molecule has 21 heavy (non-hydrogen) atoms. The van der Waals surface area contributed by atoms with Crippen molar-refractivity contribution in [3.05, 3.63) is 40.5 Å². The Hall–Kier alpha value is -2.02. The van der Waals surface area contributed by atoms with E-state index in [0.717, 1.165) is 11.6 Å². The highest BCUT2D eigenvalue weighted by Gasteiger charge is 2.34. The quantitative estimate of drug-likeness (QED) is 0.917. The van der Waals surface area contributed by atoms with Crippen molar-refractivity contribution in [2.75, 3.05) is 12.4 Å². The Kier molecular flexibility index (Phi) is 4.22. The number of hydrogen-bond acceptors (Lipinski definition) is 4. The number of hydrogen-bond donors (Lipinski definition) is 1. The first-order valence-corrected chi connectivity index (χ1v) is 6.25. The lowest BCUT2D eigenvalue weighted by atomic mass is 10.2. The lowest BCUT2D eigenvalue weighted by Gasteiger charge is -2.11. The molecule has 0 aliphatic rings. The van der Waals surface area contributed by atoms with Crippen LogP contribution in [0.2, 0.25) is 5.02 Å². The van der Waals surface area contributed by atoms with Gasteiger partial charge in [-0.2, -0.15) is 18.2 Å². The Balaban J connectivity index is 2.39. The van der Waals surface area contributed by atoms with Crippen LogP contribution in [-0.2, 0) is 6.18 Å². The van der Waals surface area contributed by atoms with Gasteiger partial charge in [-0.15, -0.1) is 0 Å². The summed E-state index contributed by atoms with van der Waals surface area (Å²) in [5.74, 6) is -0.216. The second kappa shape index (κ2) is 5.77. The number of halogens is 4. The van der Waals surface area contributed by atoms with Gasteiger partial charge >= 0.3 is 6.18 Å². The maximum Gasteiger partial charge on any atom is 0.433 e. The highest BCUT2D eigenvalue weighted by Crippen LogP contribution is 2.33. The van der Waals surface area contributed by atoms with E-state index in [9.17, 15) is 13.2 Å². The first kappa shape index (κ1) is 15.4. The van der Waals surface area contributed by atoms with Crippen LogP contribution in [0.15, 0.2) is 24.3 Å². The normalized spacial score (nSPS) is 11.3. The largest absolute Gasteiger partial charge is 0.437 e. The number of benzene rings is 1. The Labute approximate surface area is 123 Å². The summed E-state index contributed by atoms with van der Waals surface area (Å²) in [7, 11) is 1.41. The van der Waals surface area contributed by atoms with Crippen molar-refractivity contribution in [2.24, 2.45) is 0 Å². The summed E-state index contributed by atoms with van der Waals surface area (Å²) in [6.07, 6.45) is -4.59. The van der Waals surface area contributed by atoms with Gasteiger partial charge in [0.2, 0.25) is 11.8 Å². The van der Waals surface area contributed by atoms with Crippen LogP contribution in [0.5, 0.6) is 11.6 Å². The van der Waals surface area contributed by atoms with E-state index in [0.29, 0.717) is 0 Å². The monoisotopic (exact) mass is 317 g/mol. The van der Waals surface area contributed by atoms with Gasteiger partial charge in [0.05, 0.1) is 5.02 Å². The van der Waals surface area contributed by atoms with E-state index in [4.69, 9.17) is 16.3 Å². The minimum atomic E-state index is -4.59. The molecule has 112 valence electrons. The van der Waals surface area contributed by atoms with Crippen molar-refractivity contribution >= 4 is 17.5 Å². The van der Waals surface area contributed by atoms with Crippen LogP contribution >= 0.6 is 11.6 Å². The van der Waals surface area contributed by atoms with Crippen molar-refractivity contribution in [3.8, 4) is 11.6 Å². The molecule has 0 spiro atoms. The summed E-state index contributed by atoms with van der Waals surface area (Å²) < 4.78 is 43.6. The number of aromatic nitrogens is 2. The molecule has 0 bridgehead atoms. The molecule has 0 saturated heterocycles. The van der Waals surface area contributed by atoms with Gasteiger partial charge < -0.3 is 10.1 Å². The van der Waals surface area contributed by atoms with Gasteiger partial charge in [0.1, 0.15) is 5.75 Å². The Morgan fingerprint density at radius 1 is 1.19 bits per heavy atom. The van der Waals surface area contributed by atoms with Crippen LogP contribution in [0.4, 0.5) is 19.1 Å². The van der Waals surface area contributed by atoms with Crippen molar-refractivity contribution < 1.29 is 17.9 Å². The summed E-state index contributed by atoms with van der Waals surface area (Å²) in [4.78, 5) is 7.16. The third kappa shape index (κ3) is 3.75. The molecule has 2 aromatic rings. The molecule has 0 atom stereocenters. The average molecular weight is 318 g/mol. The molecular formula is C13H11ClF3N3O. The Bertz CT molecular complexity index is 662. The molecule has 1 aromatic carbocycles. The molecule has 0 unspecified atom stereocenters. The van der Waals surface area contributed by atoms with E-state index in [1.54, 1.807) is 18.2 Å². The molecule has 0 aliphatic heterocycles. The third-order valence-electron chi connectivity index (χ3n) is 2.52. The van der Waals surface area contributed by atoms with Gasteiger partial charge in [0.15, 0.2) is 5.69 Å². The number of nitrogens with zero attached hydrogens (tertiary/aromatic N) is 2. The predicted octanol–water partition coefficient (Wildman–Crippen LogP) is 4.29. The van der Waals surface area contributed by atoms with E-state index in [-0.39, 0.29) is 22.6 Å².